The minimum absolute atomic E-state index is 0.131. The molecule has 1 amide bonds. The third kappa shape index (κ3) is 7.15. The molecule has 7 heteroatoms. The molecular formula is C26H25IN2O4. The predicted octanol–water partition coefficient (Wildman–Crippen LogP) is 5.47. The number of hydrogen-bond donors (Lipinski definition) is 1. The van der Waals surface area contributed by atoms with Crippen molar-refractivity contribution in [3.8, 4) is 11.5 Å². The number of halogens is 1. The van der Waals surface area contributed by atoms with Crippen LogP contribution in [-0.4, -0.2) is 24.7 Å². The molecule has 0 bridgehead atoms. The maximum Gasteiger partial charge on any atom is 0.344 e. The first-order valence-corrected chi connectivity index (χ1v) is 11.5. The Morgan fingerprint density at radius 1 is 1.06 bits per heavy atom. The summed E-state index contributed by atoms with van der Waals surface area (Å²) in [6.07, 6.45) is 1.51. The fourth-order valence-electron chi connectivity index (χ4n) is 3.01. The van der Waals surface area contributed by atoms with Crippen molar-refractivity contribution in [3.63, 3.8) is 0 Å². The molecule has 0 saturated heterocycles. The second-order valence-electron chi connectivity index (χ2n) is 7.72. The Morgan fingerprint density at radius 2 is 1.79 bits per heavy atom. The second kappa shape index (κ2) is 11.6. The van der Waals surface area contributed by atoms with Crippen LogP contribution in [0.5, 0.6) is 11.5 Å². The number of carbonyl (C=O) groups is 2. The van der Waals surface area contributed by atoms with Crippen molar-refractivity contribution in [1.29, 1.82) is 0 Å². The first kappa shape index (κ1) is 24.4. The molecule has 0 spiro atoms. The largest absolute Gasteiger partial charge is 0.483 e. The molecule has 3 aromatic carbocycles. The normalized spacial score (nSPS) is 10.9. The molecule has 33 heavy (non-hydrogen) atoms. The Labute approximate surface area is 207 Å². The van der Waals surface area contributed by atoms with Crippen molar-refractivity contribution < 1.29 is 19.1 Å². The molecule has 0 aromatic heterocycles. The second-order valence-corrected chi connectivity index (χ2v) is 8.88. The molecular weight excluding hydrogens is 531 g/mol. The SMILES string of the molecule is Cc1ccc(C(C)C)c(OCC(=O)NN=Cc2ccc(OC(=O)c3ccccc3I)cc2)c1. The van der Waals surface area contributed by atoms with E-state index in [1.54, 1.807) is 36.4 Å². The number of nitrogens with one attached hydrogen (secondary N) is 1. The van der Waals surface area contributed by atoms with E-state index in [4.69, 9.17) is 9.47 Å². The van der Waals surface area contributed by atoms with Crippen LogP contribution < -0.4 is 14.9 Å². The van der Waals surface area contributed by atoms with Gasteiger partial charge in [-0.15, -0.1) is 0 Å². The van der Waals surface area contributed by atoms with E-state index in [1.807, 2.05) is 37.3 Å². The van der Waals surface area contributed by atoms with E-state index in [-0.39, 0.29) is 12.5 Å². The topological polar surface area (TPSA) is 77.0 Å². The summed E-state index contributed by atoms with van der Waals surface area (Å²) in [6.45, 7) is 6.01. The van der Waals surface area contributed by atoms with Crippen LogP contribution in [-0.2, 0) is 4.79 Å². The van der Waals surface area contributed by atoms with Gasteiger partial charge >= 0.3 is 5.97 Å². The average Bonchev–Trinajstić information content (AvgIpc) is 2.79. The number of amides is 1. The monoisotopic (exact) mass is 556 g/mol. The van der Waals surface area contributed by atoms with Gasteiger partial charge in [0, 0.05) is 3.57 Å². The van der Waals surface area contributed by atoms with Crippen LogP contribution in [0, 0.1) is 10.5 Å². The summed E-state index contributed by atoms with van der Waals surface area (Å²) in [5.74, 6) is 0.654. The highest BCUT2D eigenvalue weighted by Gasteiger charge is 2.12. The predicted molar refractivity (Wildman–Crippen MR) is 137 cm³/mol. The van der Waals surface area contributed by atoms with Gasteiger partial charge in [-0.05, 0) is 94.6 Å². The Bertz CT molecular complexity index is 1160. The molecule has 6 nitrogen and oxygen atoms in total. The van der Waals surface area contributed by atoms with Crippen molar-refractivity contribution in [2.24, 2.45) is 5.10 Å². The zero-order valence-corrected chi connectivity index (χ0v) is 20.8. The van der Waals surface area contributed by atoms with Gasteiger partial charge in [0.05, 0.1) is 11.8 Å². The fourth-order valence-corrected chi connectivity index (χ4v) is 3.62. The van der Waals surface area contributed by atoms with Crippen LogP contribution in [0.1, 0.15) is 46.8 Å². The van der Waals surface area contributed by atoms with Gasteiger partial charge in [0.15, 0.2) is 6.61 Å². The van der Waals surface area contributed by atoms with Gasteiger partial charge in [0.25, 0.3) is 5.91 Å². The Kier molecular flexibility index (Phi) is 8.59. The number of hydrazone groups is 1. The lowest BCUT2D eigenvalue weighted by Gasteiger charge is -2.14. The standard InChI is InChI=1S/C26H25IN2O4/c1-17(2)21-13-8-18(3)14-24(21)32-16-25(30)29-28-15-19-9-11-20(12-10-19)33-26(31)22-6-4-5-7-23(22)27/h4-15,17H,16H2,1-3H3,(H,29,30). The summed E-state index contributed by atoms with van der Waals surface area (Å²) >= 11 is 2.10. The summed E-state index contributed by atoms with van der Waals surface area (Å²) in [4.78, 5) is 24.4. The summed E-state index contributed by atoms with van der Waals surface area (Å²) in [5, 5.41) is 3.97. The van der Waals surface area contributed by atoms with Crippen molar-refractivity contribution in [2.45, 2.75) is 26.7 Å². The third-order valence-electron chi connectivity index (χ3n) is 4.74. The van der Waals surface area contributed by atoms with E-state index in [1.165, 1.54) is 6.21 Å². The summed E-state index contributed by atoms with van der Waals surface area (Å²) in [6, 6.07) is 20.0. The third-order valence-corrected chi connectivity index (χ3v) is 5.68. The van der Waals surface area contributed by atoms with E-state index >= 15 is 0 Å². The van der Waals surface area contributed by atoms with Crippen LogP contribution in [0.25, 0.3) is 0 Å². The average molecular weight is 556 g/mol. The van der Waals surface area contributed by atoms with Gasteiger partial charge in [-0.2, -0.15) is 5.10 Å². The van der Waals surface area contributed by atoms with Crippen LogP contribution in [0.15, 0.2) is 71.8 Å². The minimum Gasteiger partial charge on any atom is -0.483 e. The number of nitrogens with zero attached hydrogens (tertiary/aromatic N) is 1. The van der Waals surface area contributed by atoms with Gasteiger partial charge < -0.3 is 9.47 Å². The Balaban J connectivity index is 1.50. The molecule has 0 atom stereocenters. The number of esters is 1. The lowest BCUT2D eigenvalue weighted by molar-refractivity contribution is -0.123. The number of hydrogen-bond acceptors (Lipinski definition) is 5. The van der Waals surface area contributed by atoms with E-state index in [0.717, 1.165) is 20.3 Å². The van der Waals surface area contributed by atoms with Crippen LogP contribution in [0.4, 0.5) is 0 Å². The summed E-state index contributed by atoms with van der Waals surface area (Å²) in [5.41, 5.74) is 5.84. The summed E-state index contributed by atoms with van der Waals surface area (Å²) < 4.78 is 11.9. The summed E-state index contributed by atoms with van der Waals surface area (Å²) in [7, 11) is 0. The molecule has 3 rings (SSSR count). The molecule has 3 aromatic rings. The maximum absolute atomic E-state index is 12.3. The van der Waals surface area contributed by atoms with Crippen molar-refractivity contribution in [3.05, 3.63) is 92.6 Å². The van der Waals surface area contributed by atoms with Gasteiger partial charge in [-0.3, -0.25) is 4.79 Å². The highest BCUT2D eigenvalue weighted by molar-refractivity contribution is 14.1. The zero-order chi connectivity index (χ0) is 23.8. The van der Waals surface area contributed by atoms with E-state index < -0.39 is 5.97 Å². The Morgan fingerprint density at radius 3 is 2.48 bits per heavy atom. The molecule has 0 aliphatic heterocycles. The number of carbonyl (C=O) groups excluding carboxylic acids is 2. The maximum atomic E-state index is 12.3. The highest BCUT2D eigenvalue weighted by atomic mass is 127. The van der Waals surface area contributed by atoms with Crippen molar-refractivity contribution >= 4 is 40.7 Å². The van der Waals surface area contributed by atoms with Crippen molar-refractivity contribution in [1.82, 2.24) is 5.43 Å². The first-order valence-electron chi connectivity index (χ1n) is 10.5. The lowest BCUT2D eigenvalue weighted by Crippen LogP contribution is -2.25. The zero-order valence-electron chi connectivity index (χ0n) is 18.7. The minimum atomic E-state index is -0.414. The van der Waals surface area contributed by atoms with E-state index in [0.29, 0.717) is 23.0 Å². The van der Waals surface area contributed by atoms with Gasteiger partial charge in [0.2, 0.25) is 0 Å². The lowest BCUT2D eigenvalue weighted by atomic mass is 10.0. The molecule has 0 aliphatic carbocycles. The van der Waals surface area contributed by atoms with Gasteiger partial charge in [-0.25, -0.2) is 10.2 Å². The van der Waals surface area contributed by atoms with E-state index in [2.05, 4.69) is 47.0 Å². The highest BCUT2D eigenvalue weighted by Crippen LogP contribution is 2.27. The quantitative estimate of drug-likeness (QED) is 0.131. The van der Waals surface area contributed by atoms with Crippen LogP contribution >= 0.6 is 22.6 Å². The molecule has 0 unspecified atom stereocenters. The molecule has 0 saturated carbocycles. The number of benzene rings is 3. The van der Waals surface area contributed by atoms with Gasteiger partial charge in [0.1, 0.15) is 11.5 Å². The van der Waals surface area contributed by atoms with Crippen molar-refractivity contribution in [2.75, 3.05) is 6.61 Å². The number of ether oxygens (including phenoxy) is 2. The van der Waals surface area contributed by atoms with Gasteiger partial charge in [-0.1, -0.05) is 38.1 Å². The van der Waals surface area contributed by atoms with Crippen LogP contribution in [0.2, 0.25) is 0 Å². The van der Waals surface area contributed by atoms with Crippen LogP contribution in [0.3, 0.4) is 0 Å². The fraction of sp³-hybridized carbons (Fsp3) is 0.192. The Hall–Kier alpha value is -3.20. The molecule has 1 N–H and O–H groups in total. The number of aryl methyl sites for hydroxylation is 1. The molecule has 0 fully saturated rings. The first-order chi connectivity index (χ1) is 15.8. The van der Waals surface area contributed by atoms with E-state index in [9.17, 15) is 9.59 Å². The number of rotatable bonds is 8. The smallest absolute Gasteiger partial charge is 0.344 e. The molecule has 170 valence electrons. The molecule has 0 heterocycles. The molecule has 0 aliphatic rings. The molecule has 0 radical (unpaired) electrons.